The first-order valence-electron chi connectivity index (χ1n) is 5.00. The van der Waals surface area contributed by atoms with Crippen molar-refractivity contribution in [2.45, 2.75) is 26.8 Å². The molecular weight excluding hydrogens is 190 g/mol. The normalized spacial score (nSPS) is 14.4. The molecule has 0 saturated carbocycles. The molecule has 0 saturated heterocycles. The number of pyridine rings is 1. The zero-order valence-corrected chi connectivity index (χ0v) is 9.32. The van der Waals surface area contributed by atoms with E-state index in [-0.39, 0.29) is 17.9 Å². The van der Waals surface area contributed by atoms with E-state index in [1.165, 1.54) is 0 Å². The molecule has 0 spiro atoms. The van der Waals surface area contributed by atoms with Gasteiger partial charge in [0, 0.05) is 23.6 Å². The van der Waals surface area contributed by atoms with Crippen LogP contribution in [-0.2, 0) is 4.79 Å². The number of nitrogens with one attached hydrogen (secondary N) is 1. The van der Waals surface area contributed by atoms with Crippen molar-refractivity contribution in [3.8, 4) is 0 Å². The Kier molecular flexibility index (Phi) is 3.80. The van der Waals surface area contributed by atoms with Crippen LogP contribution in [0.2, 0.25) is 0 Å². The van der Waals surface area contributed by atoms with Crippen LogP contribution in [0.4, 0.5) is 5.69 Å². The molecular formula is C11H17N3O. The number of carbonyl (C=O) groups excluding carboxylic acids is 1. The number of aryl methyl sites for hydroxylation is 1. The van der Waals surface area contributed by atoms with Crippen molar-refractivity contribution in [2.24, 2.45) is 11.7 Å². The first-order valence-corrected chi connectivity index (χ1v) is 5.00. The minimum absolute atomic E-state index is 0.0596. The van der Waals surface area contributed by atoms with Crippen molar-refractivity contribution in [3.63, 3.8) is 0 Å². The smallest absolute Gasteiger partial charge is 0.228 e. The van der Waals surface area contributed by atoms with Crippen LogP contribution in [-0.4, -0.2) is 16.9 Å². The van der Waals surface area contributed by atoms with Crippen molar-refractivity contribution >= 4 is 11.6 Å². The van der Waals surface area contributed by atoms with Gasteiger partial charge in [0.2, 0.25) is 5.91 Å². The van der Waals surface area contributed by atoms with E-state index in [9.17, 15) is 4.79 Å². The molecule has 0 bridgehead atoms. The average molecular weight is 207 g/mol. The average Bonchev–Trinajstić information content (AvgIpc) is 2.16. The van der Waals surface area contributed by atoms with E-state index in [4.69, 9.17) is 5.73 Å². The number of amides is 1. The SMILES string of the molecule is Cc1cc(NC(=O)C(C)C(C)N)ccn1. The molecule has 1 rings (SSSR count). The second kappa shape index (κ2) is 4.89. The van der Waals surface area contributed by atoms with Gasteiger partial charge in [0.1, 0.15) is 0 Å². The fraction of sp³-hybridized carbons (Fsp3) is 0.455. The fourth-order valence-electron chi connectivity index (χ4n) is 1.12. The third kappa shape index (κ3) is 3.32. The van der Waals surface area contributed by atoms with E-state index in [1.807, 2.05) is 26.8 Å². The number of nitrogens with zero attached hydrogens (tertiary/aromatic N) is 1. The van der Waals surface area contributed by atoms with Gasteiger partial charge in [-0.2, -0.15) is 0 Å². The predicted octanol–water partition coefficient (Wildman–Crippen LogP) is 1.31. The van der Waals surface area contributed by atoms with Crippen molar-refractivity contribution in [1.82, 2.24) is 4.98 Å². The lowest BCUT2D eigenvalue weighted by atomic mass is 10.0. The molecule has 1 heterocycles. The van der Waals surface area contributed by atoms with Gasteiger partial charge in [0.25, 0.3) is 0 Å². The largest absolute Gasteiger partial charge is 0.327 e. The minimum atomic E-state index is -0.196. The predicted molar refractivity (Wildman–Crippen MR) is 60.4 cm³/mol. The highest BCUT2D eigenvalue weighted by molar-refractivity contribution is 5.92. The Bertz CT molecular complexity index is 349. The Hall–Kier alpha value is -1.42. The van der Waals surface area contributed by atoms with Crippen LogP contribution >= 0.6 is 0 Å². The lowest BCUT2D eigenvalue weighted by molar-refractivity contribution is -0.119. The molecule has 4 nitrogen and oxygen atoms in total. The van der Waals surface area contributed by atoms with Crippen LogP contribution in [0.5, 0.6) is 0 Å². The lowest BCUT2D eigenvalue weighted by Crippen LogP contribution is -2.34. The first kappa shape index (κ1) is 11.7. The van der Waals surface area contributed by atoms with Gasteiger partial charge in [0.05, 0.1) is 5.92 Å². The van der Waals surface area contributed by atoms with Crippen LogP contribution < -0.4 is 11.1 Å². The summed E-state index contributed by atoms with van der Waals surface area (Å²) in [7, 11) is 0. The second-order valence-electron chi connectivity index (χ2n) is 3.82. The summed E-state index contributed by atoms with van der Waals surface area (Å²) in [6.45, 7) is 5.51. The maximum absolute atomic E-state index is 11.7. The molecule has 82 valence electrons. The van der Waals surface area contributed by atoms with E-state index >= 15 is 0 Å². The number of hydrogen-bond acceptors (Lipinski definition) is 3. The van der Waals surface area contributed by atoms with Crippen molar-refractivity contribution < 1.29 is 4.79 Å². The molecule has 0 radical (unpaired) electrons. The maximum Gasteiger partial charge on any atom is 0.228 e. The van der Waals surface area contributed by atoms with Gasteiger partial charge in [-0.05, 0) is 26.0 Å². The zero-order chi connectivity index (χ0) is 11.4. The third-order valence-electron chi connectivity index (χ3n) is 2.37. The lowest BCUT2D eigenvalue weighted by Gasteiger charge is -2.15. The number of rotatable bonds is 3. The molecule has 0 aliphatic rings. The molecule has 2 unspecified atom stereocenters. The van der Waals surface area contributed by atoms with Crippen LogP contribution in [0.1, 0.15) is 19.5 Å². The first-order chi connectivity index (χ1) is 7.00. The Morgan fingerprint density at radius 1 is 1.53 bits per heavy atom. The molecule has 0 aromatic carbocycles. The quantitative estimate of drug-likeness (QED) is 0.785. The summed E-state index contributed by atoms with van der Waals surface area (Å²) in [5.41, 5.74) is 7.29. The van der Waals surface area contributed by atoms with Gasteiger partial charge >= 0.3 is 0 Å². The number of carbonyl (C=O) groups is 1. The standard InChI is InChI=1S/C11H17N3O/c1-7-6-10(4-5-13-7)14-11(15)8(2)9(3)12/h4-6,8-9H,12H2,1-3H3,(H,13,14,15). The Morgan fingerprint density at radius 3 is 2.73 bits per heavy atom. The summed E-state index contributed by atoms with van der Waals surface area (Å²) in [6.07, 6.45) is 1.67. The topological polar surface area (TPSA) is 68.0 Å². The Balaban J connectivity index is 2.66. The molecule has 2 atom stereocenters. The molecule has 0 aliphatic carbocycles. The molecule has 1 aromatic heterocycles. The summed E-state index contributed by atoms with van der Waals surface area (Å²) in [5, 5.41) is 2.80. The zero-order valence-electron chi connectivity index (χ0n) is 9.32. The highest BCUT2D eigenvalue weighted by Gasteiger charge is 2.16. The van der Waals surface area contributed by atoms with Crippen LogP contribution in [0, 0.1) is 12.8 Å². The highest BCUT2D eigenvalue weighted by atomic mass is 16.1. The van der Waals surface area contributed by atoms with Crippen molar-refractivity contribution in [1.29, 1.82) is 0 Å². The summed E-state index contributed by atoms with van der Waals surface area (Å²) in [6, 6.07) is 3.44. The second-order valence-corrected chi connectivity index (χ2v) is 3.82. The van der Waals surface area contributed by atoms with E-state index in [0.717, 1.165) is 11.4 Å². The van der Waals surface area contributed by atoms with Crippen LogP contribution in [0.25, 0.3) is 0 Å². The summed E-state index contributed by atoms with van der Waals surface area (Å²) >= 11 is 0. The van der Waals surface area contributed by atoms with Crippen molar-refractivity contribution in [2.75, 3.05) is 5.32 Å². The summed E-state index contributed by atoms with van der Waals surface area (Å²) < 4.78 is 0. The van der Waals surface area contributed by atoms with E-state index in [0.29, 0.717) is 0 Å². The van der Waals surface area contributed by atoms with Gasteiger partial charge in [0.15, 0.2) is 0 Å². The number of anilines is 1. The van der Waals surface area contributed by atoms with Gasteiger partial charge < -0.3 is 11.1 Å². The molecule has 1 amide bonds. The van der Waals surface area contributed by atoms with Gasteiger partial charge in [-0.1, -0.05) is 6.92 Å². The third-order valence-corrected chi connectivity index (χ3v) is 2.37. The summed E-state index contributed by atoms with van der Waals surface area (Å²) in [5.74, 6) is -0.255. The number of aromatic nitrogens is 1. The highest BCUT2D eigenvalue weighted by Crippen LogP contribution is 2.10. The van der Waals surface area contributed by atoms with E-state index < -0.39 is 0 Å². The van der Waals surface area contributed by atoms with Crippen LogP contribution in [0.15, 0.2) is 18.3 Å². The summed E-state index contributed by atoms with van der Waals surface area (Å²) in [4.78, 5) is 15.7. The Morgan fingerprint density at radius 2 is 2.20 bits per heavy atom. The number of nitrogens with two attached hydrogens (primary N) is 1. The monoisotopic (exact) mass is 207 g/mol. The Labute approximate surface area is 89.9 Å². The number of hydrogen-bond donors (Lipinski definition) is 2. The van der Waals surface area contributed by atoms with E-state index in [1.54, 1.807) is 12.3 Å². The van der Waals surface area contributed by atoms with Gasteiger partial charge in [-0.15, -0.1) is 0 Å². The van der Waals surface area contributed by atoms with E-state index in [2.05, 4.69) is 10.3 Å². The van der Waals surface area contributed by atoms with Gasteiger partial charge in [-0.3, -0.25) is 9.78 Å². The van der Waals surface area contributed by atoms with Crippen LogP contribution in [0.3, 0.4) is 0 Å². The molecule has 15 heavy (non-hydrogen) atoms. The molecule has 0 aliphatic heterocycles. The fourth-order valence-corrected chi connectivity index (χ4v) is 1.12. The molecule has 4 heteroatoms. The molecule has 1 aromatic rings. The molecule has 0 fully saturated rings. The van der Waals surface area contributed by atoms with Crippen molar-refractivity contribution in [3.05, 3.63) is 24.0 Å². The minimum Gasteiger partial charge on any atom is -0.327 e. The molecule has 3 N–H and O–H groups in total. The maximum atomic E-state index is 11.7. The van der Waals surface area contributed by atoms with Gasteiger partial charge in [-0.25, -0.2) is 0 Å².